The third kappa shape index (κ3) is 7.35. The van der Waals surface area contributed by atoms with E-state index in [0.29, 0.717) is 30.7 Å². The van der Waals surface area contributed by atoms with Gasteiger partial charge in [-0.3, -0.25) is 13.9 Å². The molecule has 3 aromatic carbocycles. The largest absolute Gasteiger partial charge is 0.497 e. The molecule has 2 amide bonds. The second-order valence-corrected chi connectivity index (χ2v) is 10.7. The summed E-state index contributed by atoms with van der Waals surface area (Å²) < 4.78 is 48.3. The first kappa shape index (κ1) is 29.6. The quantitative estimate of drug-likeness (QED) is 0.338. The van der Waals surface area contributed by atoms with Gasteiger partial charge in [0.2, 0.25) is 11.8 Å². The molecule has 0 spiro atoms. The van der Waals surface area contributed by atoms with E-state index in [0.717, 1.165) is 10.4 Å². The number of amides is 2. The average Bonchev–Trinajstić information content (AvgIpc) is 2.95. The van der Waals surface area contributed by atoms with Gasteiger partial charge in [-0.15, -0.1) is 0 Å². The molecule has 0 heterocycles. The van der Waals surface area contributed by atoms with Crippen molar-refractivity contribution in [2.75, 3.05) is 24.5 Å². The molecule has 0 aliphatic carbocycles. The van der Waals surface area contributed by atoms with Gasteiger partial charge in [0, 0.05) is 13.1 Å². The third-order valence-corrected chi connectivity index (χ3v) is 7.95. The summed E-state index contributed by atoms with van der Waals surface area (Å²) in [6, 6.07) is 19.1. The number of carbonyl (C=O) groups is 2. The lowest BCUT2D eigenvalue weighted by molar-refractivity contribution is -0.140. The summed E-state index contributed by atoms with van der Waals surface area (Å²) in [5.74, 6) is -1.15. The van der Waals surface area contributed by atoms with Gasteiger partial charge in [0.15, 0.2) is 0 Å². The molecule has 0 saturated carbocycles. The Bertz CT molecular complexity index is 1350. The first-order valence-corrected chi connectivity index (χ1v) is 14.2. The van der Waals surface area contributed by atoms with Crippen molar-refractivity contribution in [3.05, 3.63) is 90.2 Å². The molecule has 3 rings (SSSR count). The highest BCUT2D eigenvalue weighted by atomic mass is 32.2. The fourth-order valence-corrected chi connectivity index (χ4v) is 5.54. The van der Waals surface area contributed by atoms with Crippen molar-refractivity contribution in [3.63, 3.8) is 0 Å². The first-order chi connectivity index (χ1) is 18.7. The Morgan fingerprint density at radius 2 is 1.59 bits per heavy atom. The number of halogens is 1. The van der Waals surface area contributed by atoms with Crippen LogP contribution in [0.25, 0.3) is 0 Å². The van der Waals surface area contributed by atoms with Gasteiger partial charge < -0.3 is 15.0 Å². The maximum atomic E-state index is 14.9. The Morgan fingerprint density at radius 3 is 2.18 bits per heavy atom. The van der Waals surface area contributed by atoms with Crippen molar-refractivity contribution >= 4 is 27.5 Å². The monoisotopic (exact) mass is 555 g/mol. The van der Waals surface area contributed by atoms with Crippen molar-refractivity contribution in [1.29, 1.82) is 0 Å². The standard InChI is InChI=1S/C29H34FN3O5S/c1-4-19-31-29(35)26(5-2)32(20-22-15-17-23(38-3)18-16-22)28(34)21-33(27-14-10-9-13-25(27)30)39(36,37)24-11-7-6-8-12-24/h6-18,26H,4-5,19-21H2,1-3H3,(H,31,35)/t26-/m0/s1. The molecule has 208 valence electrons. The summed E-state index contributed by atoms with van der Waals surface area (Å²) in [5, 5.41) is 2.83. The number of benzene rings is 3. The highest BCUT2D eigenvalue weighted by molar-refractivity contribution is 7.92. The fraction of sp³-hybridized carbons (Fsp3) is 0.310. The van der Waals surface area contributed by atoms with Crippen LogP contribution in [-0.2, 0) is 26.2 Å². The Kier molecular flexibility index (Phi) is 10.4. The number of carbonyl (C=O) groups excluding carboxylic acids is 2. The molecule has 0 aliphatic heterocycles. The van der Waals surface area contributed by atoms with Gasteiger partial charge in [0.1, 0.15) is 24.2 Å². The zero-order valence-electron chi connectivity index (χ0n) is 22.3. The predicted molar refractivity (Wildman–Crippen MR) is 148 cm³/mol. The Balaban J connectivity index is 2.04. The Labute approximate surface area is 229 Å². The molecule has 0 unspecified atom stereocenters. The molecule has 0 bridgehead atoms. The molecule has 0 aliphatic rings. The van der Waals surface area contributed by atoms with Crippen LogP contribution in [0, 0.1) is 5.82 Å². The maximum absolute atomic E-state index is 14.9. The summed E-state index contributed by atoms with van der Waals surface area (Å²) in [5.41, 5.74) is 0.455. The molecule has 0 saturated heterocycles. The van der Waals surface area contributed by atoms with Crippen LogP contribution in [0.3, 0.4) is 0 Å². The zero-order chi connectivity index (χ0) is 28.4. The predicted octanol–water partition coefficient (Wildman–Crippen LogP) is 4.36. The minimum absolute atomic E-state index is 0.0391. The van der Waals surface area contributed by atoms with Crippen LogP contribution in [-0.4, -0.2) is 51.4 Å². The number of anilines is 1. The molecule has 10 heteroatoms. The highest BCUT2D eigenvalue weighted by Gasteiger charge is 2.34. The van der Waals surface area contributed by atoms with Gasteiger partial charge in [-0.25, -0.2) is 12.8 Å². The first-order valence-electron chi connectivity index (χ1n) is 12.7. The SMILES string of the molecule is CCCNC(=O)[C@H](CC)N(Cc1ccc(OC)cc1)C(=O)CN(c1ccccc1F)S(=O)(=O)c1ccccc1. The van der Waals surface area contributed by atoms with Crippen LogP contribution in [0.1, 0.15) is 32.3 Å². The smallest absolute Gasteiger partial charge is 0.264 e. The molecule has 1 N–H and O–H groups in total. The summed E-state index contributed by atoms with van der Waals surface area (Å²) >= 11 is 0. The van der Waals surface area contributed by atoms with Crippen LogP contribution in [0.15, 0.2) is 83.8 Å². The molecule has 39 heavy (non-hydrogen) atoms. The van der Waals surface area contributed by atoms with Crippen LogP contribution >= 0.6 is 0 Å². The van der Waals surface area contributed by atoms with Gasteiger partial charge in [-0.05, 0) is 54.8 Å². The maximum Gasteiger partial charge on any atom is 0.264 e. The summed E-state index contributed by atoms with van der Waals surface area (Å²) in [6.45, 7) is 3.47. The lowest BCUT2D eigenvalue weighted by Crippen LogP contribution is -2.52. The van der Waals surface area contributed by atoms with Gasteiger partial charge in [-0.1, -0.05) is 56.3 Å². The van der Waals surface area contributed by atoms with Crippen LogP contribution in [0.5, 0.6) is 5.75 Å². The topological polar surface area (TPSA) is 96.0 Å². The molecular formula is C29H34FN3O5S. The lowest BCUT2D eigenvalue weighted by Gasteiger charge is -2.33. The Hall–Kier alpha value is -3.92. The van der Waals surface area contributed by atoms with Gasteiger partial charge >= 0.3 is 0 Å². The van der Waals surface area contributed by atoms with Gasteiger partial charge in [-0.2, -0.15) is 0 Å². The molecule has 3 aromatic rings. The van der Waals surface area contributed by atoms with E-state index in [4.69, 9.17) is 4.74 Å². The van der Waals surface area contributed by atoms with Crippen LogP contribution in [0.2, 0.25) is 0 Å². The summed E-state index contributed by atoms with van der Waals surface area (Å²) in [6.07, 6.45) is 1.01. The third-order valence-electron chi connectivity index (χ3n) is 6.18. The number of hydrogen-bond donors (Lipinski definition) is 1. The molecule has 1 atom stereocenters. The van der Waals surface area contributed by atoms with Crippen molar-refractivity contribution in [3.8, 4) is 5.75 Å². The molecule has 0 radical (unpaired) electrons. The van der Waals surface area contributed by atoms with E-state index in [-0.39, 0.29) is 23.0 Å². The van der Waals surface area contributed by atoms with E-state index in [2.05, 4.69) is 5.32 Å². The minimum atomic E-state index is -4.33. The number of sulfonamides is 1. The Morgan fingerprint density at radius 1 is 0.949 bits per heavy atom. The van der Waals surface area contributed by atoms with Crippen molar-refractivity contribution in [2.45, 2.75) is 44.2 Å². The molecular weight excluding hydrogens is 521 g/mol. The number of methoxy groups -OCH3 is 1. The van der Waals surface area contributed by atoms with E-state index in [1.165, 1.54) is 35.2 Å². The second kappa shape index (κ2) is 13.7. The minimum Gasteiger partial charge on any atom is -0.497 e. The summed E-state index contributed by atoms with van der Waals surface area (Å²) in [7, 11) is -2.78. The van der Waals surface area contributed by atoms with Crippen molar-refractivity contribution < 1.29 is 27.1 Å². The number of nitrogens with one attached hydrogen (secondary N) is 1. The van der Waals surface area contributed by atoms with Crippen LogP contribution in [0.4, 0.5) is 10.1 Å². The number of para-hydroxylation sites is 1. The molecule has 0 fully saturated rings. The molecule has 8 nitrogen and oxygen atoms in total. The fourth-order valence-electron chi connectivity index (χ4n) is 4.10. The number of ether oxygens (including phenoxy) is 1. The number of rotatable bonds is 13. The van der Waals surface area contributed by atoms with E-state index in [1.807, 2.05) is 6.92 Å². The number of hydrogen-bond acceptors (Lipinski definition) is 5. The highest BCUT2D eigenvalue weighted by Crippen LogP contribution is 2.27. The second-order valence-electron chi connectivity index (χ2n) is 8.86. The molecule has 0 aromatic heterocycles. The van der Waals surface area contributed by atoms with E-state index in [1.54, 1.807) is 56.5 Å². The van der Waals surface area contributed by atoms with E-state index in [9.17, 15) is 22.4 Å². The average molecular weight is 556 g/mol. The lowest BCUT2D eigenvalue weighted by atomic mass is 10.1. The van der Waals surface area contributed by atoms with E-state index < -0.39 is 34.3 Å². The van der Waals surface area contributed by atoms with E-state index >= 15 is 0 Å². The van der Waals surface area contributed by atoms with Crippen molar-refractivity contribution in [2.24, 2.45) is 0 Å². The summed E-state index contributed by atoms with van der Waals surface area (Å²) in [4.78, 5) is 28.3. The van der Waals surface area contributed by atoms with Gasteiger partial charge in [0.25, 0.3) is 10.0 Å². The van der Waals surface area contributed by atoms with Crippen molar-refractivity contribution in [1.82, 2.24) is 10.2 Å². The zero-order valence-corrected chi connectivity index (χ0v) is 23.2. The van der Waals surface area contributed by atoms with Crippen LogP contribution < -0.4 is 14.4 Å². The normalized spacial score (nSPS) is 11.9. The van der Waals surface area contributed by atoms with Gasteiger partial charge in [0.05, 0.1) is 17.7 Å². The number of nitrogens with zero attached hydrogens (tertiary/aromatic N) is 2.